The Morgan fingerprint density at radius 1 is 1.29 bits per heavy atom. The number of carbonyl (C=O) groups is 3. The number of benzene rings is 1. The number of imide groups is 1. The van der Waals surface area contributed by atoms with Gasteiger partial charge in [0.05, 0.1) is 6.61 Å². The molecule has 8 nitrogen and oxygen atoms in total. The number of nitrogens with zero attached hydrogens (tertiary/aromatic N) is 1. The SMILES string of the molecule is COCC1(CNCc2cccc3c2C(=O)N(C2CCC(=O)NC2=O)C3)CNC1. The molecule has 3 heterocycles. The molecule has 0 spiro atoms. The van der Waals surface area contributed by atoms with Crippen molar-refractivity contribution in [3.63, 3.8) is 0 Å². The zero-order valence-corrected chi connectivity index (χ0v) is 16.0. The van der Waals surface area contributed by atoms with E-state index in [4.69, 9.17) is 4.74 Å². The quantitative estimate of drug-likeness (QED) is 0.560. The highest BCUT2D eigenvalue weighted by molar-refractivity contribution is 6.05. The summed E-state index contributed by atoms with van der Waals surface area (Å²) in [5, 5.41) is 9.11. The standard InChI is InChI=1S/C20H26N4O4/c1-28-12-20(10-22-11-20)9-21-7-13-3-2-4-14-8-24(19(27)17(13)14)15-5-6-16(25)23-18(15)26/h2-4,15,21-22H,5-12H2,1H3,(H,23,25,26). The van der Waals surface area contributed by atoms with Gasteiger partial charge in [0.15, 0.2) is 0 Å². The number of carbonyl (C=O) groups excluding carboxylic acids is 3. The highest BCUT2D eigenvalue weighted by Crippen LogP contribution is 2.30. The predicted molar refractivity (Wildman–Crippen MR) is 101 cm³/mol. The molecule has 1 unspecified atom stereocenters. The normalized spacial score (nSPS) is 23.4. The third kappa shape index (κ3) is 3.43. The topological polar surface area (TPSA) is 99.8 Å². The maximum absolute atomic E-state index is 13.1. The molecule has 3 amide bonds. The van der Waals surface area contributed by atoms with Crippen molar-refractivity contribution in [2.45, 2.75) is 32.0 Å². The second-order valence-electron chi connectivity index (χ2n) is 7.99. The highest BCUT2D eigenvalue weighted by Gasteiger charge is 2.40. The van der Waals surface area contributed by atoms with Gasteiger partial charge < -0.3 is 20.3 Å². The van der Waals surface area contributed by atoms with E-state index in [-0.39, 0.29) is 29.6 Å². The molecule has 0 aliphatic carbocycles. The van der Waals surface area contributed by atoms with Gasteiger partial charge in [0.25, 0.3) is 5.91 Å². The van der Waals surface area contributed by atoms with E-state index in [1.54, 1.807) is 12.0 Å². The smallest absolute Gasteiger partial charge is 0.255 e. The van der Waals surface area contributed by atoms with Crippen LogP contribution in [0.4, 0.5) is 0 Å². The Hall–Kier alpha value is -2.29. The van der Waals surface area contributed by atoms with Gasteiger partial charge in [-0.05, 0) is 17.5 Å². The average Bonchev–Trinajstić information content (AvgIpc) is 2.97. The van der Waals surface area contributed by atoms with Crippen molar-refractivity contribution in [2.24, 2.45) is 5.41 Å². The first kappa shape index (κ1) is 19.0. The lowest BCUT2D eigenvalue weighted by atomic mass is 9.82. The van der Waals surface area contributed by atoms with Crippen LogP contribution in [0.15, 0.2) is 18.2 Å². The van der Waals surface area contributed by atoms with Gasteiger partial charge in [-0.3, -0.25) is 19.7 Å². The highest BCUT2D eigenvalue weighted by atomic mass is 16.5. The number of hydrogen-bond acceptors (Lipinski definition) is 6. The maximum atomic E-state index is 13.1. The van der Waals surface area contributed by atoms with E-state index >= 15 is 0 Å². The molecule has 1 atom stereocenters. The van der Waals surface area contributed by atoms with Crippen LogP contribution in [0.2, 0.25) is 0 Å². The van der Waals surface area contributed by atoms with Crippen LogP contribution in [-0.4, -0.2) is 62.0 Å². The molecule has 150 valence electrons. The Balaban J connectivity index is 1.45. The lowest BCUT2D eigenvalue weighted by Crippen LogP contribution is -2.60. The largest absolute Gasteiger partial charge is 0.384 e. The third-order valence-corrected chi connectivity index (χ3v) is 5.90. The van der Waals surface area contributed by atoms with Crippen LogP contribution in [0.3, 0.4) is 0 Å². The van der Waals surface area contributed by atoms with Gasteiger partial charge in [-0.15, -0.1) is 0 Å². The average molecular weight is 386 g/mol. The molecule has 0 aromatic heterocycles. The van der Waals surface area contributed by atoms with Crippen LogP contribution in [-0.2, 0) is 27.4 Å². The van der Waals surface area contributed by atoms with Gasteiger partial charge in [-0.1, -0.05) is 18.2 Å². The summed E-state index contributed by atoms with van der Waals surface area (Å²) < 4.78 is 5.34. The van der Waals surface area contributed by atoms with E-state index in [9.17, 15) is 14.4 Å². The Morgan fingerprint density at radius 2 is 2.11 bits per heavy atom. The molecule has 3 aliphatic rings. The summed E-state index contributed by atoms with van der Waals surface area (Å²) in [4.78, 5) is 38.3. The fraction of sp³-hybridized carbons (Fsp3) is 0.550. The van der Waals surface area contributed by atoms with E-state index in [1.807, 2.05) is 18.2 Å². The number of hydrogen-bond donors (Lipinski definition) is 3. The van der Waals surface area contributed by atoms with E-state index in [2.05, 4.69) is 16.0 Å². The minimum absolute atomic E-state index is 0.107. The zero-order valence-electron chi connectivity index (χ0n) is 16.0. The van der Waals surface area contributed by atoms with Crippen molar-refractivity contribution in [1.29, 1.82) is 0 Å². The van der Waals surface area contributed by atoms with Crippen molar-refractivity contribution in [3.05, 3.63) is 34.9 Å². The second-order valence-corrected chi connectivity index (χ2v) is 7.99. The van der Waals surface area contributed by atoms with Crippen LogP contribution in [0, 0.1) is 5.41 Å². The molecule has 1 aromatic rings. The van der Waals surface area contributed by atoms with E-state index in [1.165, 1.54) is 0 Å². The Labute approximate surface area is 164 Å². The number of piperidine rings is 1. The van der Waals surface area contributed by atoms with Gasteiger partial charge in [-0.25, -0.2) is 0 Å². The number of nitrogens with one attached hydrogen (secondary N) is 3. The molecule has 0 radical (unpaired) electrons. The van der Waals surface area contributed by atoms with E-state index in [0.717, 1.165) is 30.8 Å². The van der Waals surface area contributed by atoms with Crippen molar-refractivity contribution < 1.29 is 19.1 Å². The van der Waals surface area contributed by atoms with Crippen LogP contribution >= 0.6 is 0 Å². The molecule has 0 bridgehead atoms. The number of methoxy groups -OCH3 is 1. The molecule has 4 rings (SSSR count). The number of amides is 3. The summed E-state index contributed by atoms with van der Waals surface area (Å²) in [5.74, 6) is -0.777. The third-order valence-electron chi connectivity index (χ3n) is 5.90. The molecule has 8 heteroatoms. The van der Waals surface area contributed by atoms with Crippen molar-refractivity contribution in [2.75, 3.05) is 33.4 Å². The first-order valence-corrected chi connectivity index (χ1v) is 9.69. The summed E-state index contributed by atoms with van der Waals surface area (Å²) in [5.41, 5.74) is 2.67. The van der Waals surface area contributed by atoms with Gasteiger partial charge in [-0.2, -0.15) is 0 Å². The minimum Gasteiger partial charge on any atom is -0.384 e. The predicted octanol–water partition coefficient (Wildman–Crippen LogP) is -0.227. The molecule has 1 aromatic carbocycles. The summed E-state index contributed by atoms with van der Waals surface area (Å²) in [6.07, 6.45) is 0.644. The number of ether oxygens (including phenoxy) is 1. The summed E-state index contributed by atoms with van der Waals surface area (Å²) >= 11 is 0. The molecule has 3 aliphatic heterocycles. The Morgan fingerprint density at radius 3 is 2.79 bits per heavy atom. The molecular formula is C20H26N4O4. The van der Waals surface area contributed by atoms with Crippen LogP contribution in [0.1, 0.15) is 34.3 Å². The fourth-order valence-corrected chi connectivity index (χ4v) is 4.36. The fourth-order valence-electron chi connectivity index (χ4n) is 4.36. The van der Waals surface area contributed by atoms with Crippen LogP contribution < -0.4 is 16.0 Å². The number of rotatable bonds is 7. The molecule has 28 heavy (non-hydrogen) atoms. The summed E-state index contributed by atoms with van der Waals surface area (Å²) in [6.45, 7) is 4.34. The monoisotopic (exact) mass is 386 g/mol. The first-order chi connectivity index (χ1) is 13.5. The van der Waals surface area contributed by atoms with Crippen LogP contribution in [0.25, 0.3) is 0 Å². The zero-order chi connectivity index (χ0) is 19.7. The summed E-state index contributed by atoms with van der Waals surface area (Å²) in [6, 6.07) is 5.27. The summed E-state index contributed by atoms with van der Waals surface area (Å²) in [7, 11) is 1.71. The number of fused-ring (bicyclic) bond motifs is 1. The van der Waals surface area contributed by atoms with Gasteiger partial charge in [0.2, 0.25) is 11.8 Å². The van der Waals surface area contributed by atoms with E-state index < -0.39 is 6.04 Å². The van der Waals surface area contributed by atoms with Gasteiger partial charge in [0, 0.05) is 57.2 Å². The van der Waals surface area contributed by atoms with Crippen molar-refractivity contribution in [1.82, 2.24) is 20.9 Å². The van der Waals surface area contributed by atoms with Gasteiger partial charge >= 0.3 is 0 Å². The van der Waals surface area contributed by atoms with Gasteiger partial charge in [0.1, 0.15) is 6.04 Å². The Bertz CT molecular complexity index is 805. The lowest BCUT2D eigenvalue weighted by molar-refractivity contribution is -0.136. The molecular weight excluding hydrogens is 360 g/mol. The van der Waals surface area contributed by atoms with E-state index in [0.29, 0.717) is 31.7 Å². The molecule has 2 fully saturated rings. The first-order valence-electron chi connectivity index (χ1n) is 9.69. The van der Waals surface area contributed by atoms with Crippen molar-refractivity contribution >= 4 is 17.7 Å². The maximum Gasteiger partial charge on any atom is 0.255 e. The molecule has 3 N–H and O–H groups in total. The lowest BCUT2D eigenvalue weighted by Gasteiger charge is -2.42. The minimum atomic E-state index is -0.579. The molecule has 2 saturated heterocycles. The molecule has 0 saturated carbocycles. The second kappa shape index (κ2) is 7.62. The van der Waals surface area contributed by atoms with Crippen LogP contribution in [0.5, 0.6) is 0 Å². The van der Waals surface area contributed by atoms with Crippen molar-refractivity contribution in [3.8, 4) is 0 Å². The Kier molecular flexibility index (Phi) is 5.18.